The fraction of sp³-hybridized carbons (Fsp3) is 0.250. The minimum Gasteiger partial charge on any atom is -0.353 e. The van der Waals surface area contributed by atoms with Crippen molar-refractivity contribution in [1.82, 2.24) is 10.6 Å². The van der Waals surface area contributed by atoms with E-state index in [0.29, 0.717) is 24.2 Å². The molecule has 34 heavy (non-hydrogen) atoms. The number of carbonyl (C=O) groups excluding carboxylic acids is 2. The zero-order valence-electron chi connectivity index (χ0n) is 18.5. The van der Waals surface area contributed by atoms with E-state index in [1.807, 2.05) is 0 Å². The average molecular weight is 466 g/mol. The molecule has 0 aliphatic rings. The Bertz CT molecular complexity index is 995. The van der Waals surface area contributed by atoms with Gasteiger partial charge >= 0.3 is 0 Å². The molecule has 0 atom stereocenters. The summed E-state index contributed by atoms with van der Waals surface area (Å²) in [5.74, 6) is -0.538. The molecule has 0 unspecified atom stereocenters. The van der Waals surface area contributed by atoms with Crippen LogP contribution in [0.15, 0.2) is 60.7 Å². The topological polar surface area (TPSA) is 144 Å². The number of hydrogen-bond acceptors (Lipinski definition) is 6. The van der Waals surface area contributed by atoms with Crippen LogP contribution in [0.25, 0.3) is 12.2 Å². The van der Waals surface area contributed by atoms with Gasteiger partial charge in [-0.2, -0.15) is 0 Å². The molecule has 0 aliphatic heterocycles. The maximum atomic E-state index is 11.8. The number of rotatable bonds is 13. The number of unbranched alkanes of at least 4 members (excludes halogenated alkanes) is 3. The molecule has 2 rings (SSSR count). The van der Waals surface area contributed by atoms with E-state index >= 15 is 0 Å². The number of carbonyl (C=O) groups is 2. The number of nitrogens with one attached hydrogen (secondary N) is 2. The monoisotopic (exact) mass is 466 g/mol. The second kappa shape index (κ2) is 13.9. The van der Waals surface area contributed by atoms with Crippen LogP contribution in [0.5, 0.6) is 0 Å². The molecule has 0 saturated carbocycles. The standard InChI is InChI=1S/C24H26N4O6/c29-23(13-11-19-7-5-9-21(17-19)27(31)32)25-15-3-1-2-4-16-26-24(30)14-12-20-8-6-10-22(18-20)28(33)34/h5-14,17-18H,1-4,15-16H2,(H,25,29)(H,26,30). The lowest BCUT2D eigenvalue weighted by atomic mass is 10.2. The molecule has 0 radical (unpaired) electrons. The normalized spacial score (nSPS) is 10.9. The Morgan fingerprint density at radius 1 is 0.706 bits per heavy atom. The van der Waals surface area contributed by atoms with Crippen LogP contribution in [-0.2, 0) is 9.59 Å². The van der Waals surface area contributed by atoms with Gasteiger partial charge in [-0.3, -0.25) is 29.8 Å². The zero-order valence-corrected chi connectivity index (χ0v) is 18.5. The lowest BCUT2D eigenvalue weighted by molar-refractivity contribution is -0.385. The van der Waals surface area contributed by atoms with E-state index in [2.05, 4.69) is 10.6 Å². The summed E-state index contributed by atoms with van der Waals surface area (Å²) in [7, 11) is 0. The van der Waals surface area contributed by atoms with Crippen molar-refractivity contribution >= 4 is 35.3 Å². The van der Waals surface area contributed by atoms with E-state index in [1.165, 1.54) is 48.6 Å². The highest BCUT2D eigenvalue weighted by Gasteiger charge is 2.05. The van der Waals surface area contributed by atoms with Crippen molar-refractivity contribution < 1.29 is 19.4 Å². The molecule has 2 N–H and O–H groups in total. The summed E-state index contributed by atoms with van der Waals surface area (Å²) in [5.41, 5.74) is 1.09. The van der Waals surface area contributed by atoms with Crippen LogP contribution >= 0.6 is 0 Å². The summed E-state index contributed by atoms with van der Waals surface area (Å²) in [6.07, 6.45) is 9.08. The van der Waals surface area contributed by atoms with Crippen LogP contribution in [0, 0.1) is 20.2 Å². The minimum absolute atomic E-state index is 0.0303. The second-order valence-corrected chi connectivity index (χ2v) is 7.37. The quantitative estimate of drug-likeness (QED) is 0.197. The molecule has 178 valence electrons. The first-order valence-corrected chi connectivity index (χ1v) is 10.8. The molecular formula is C24H26N4O6. The maximum Gasteiger partial charge on any atom is 0.270 e. The molecule has 0 fully saturated rings. The largest absolute Gasteiger partial charge is 0.353 e. The van der Waals surface area contributed by atoms with Crippen LogP contribution in [0.3, 0.4) is 0 Å². The van der Waals surface area contributed by atoms with Crippen LogP contribution in [0.1, 0.15) is 36.8 Å². The first-order valence-electron chi connectivity index (χ1n) is 10.8. The number of nitrogens with zero attached hydrogens (tertiary/aromatic N) is 2. The van der Waals surface area contributed by atoms with Crippen molar-refractivity contribution in [2.45, 2.75) is 25.7 Å². The smallest absolute Gasteiger partial charge is 0.270 e. The Morgan fingerprint density at radius 2 is 1.12 bits per heavy atom. The van der Waals surface area contributed by atoms with Crippen LogP contribution in [-0.4, -0.2) is 34.8 Å². The Balaban J connectivity index is 1.55. The highest BCUT2D eigenvalue weighted by atomic mass is 16.6. The number of non-ortho nitro benzene ring substituents is 2. The molecule has 0 aromatic heterocycles. The molecule has 0 bridgehead atoms. The maximum absolute atomic E-state index is 11.8. The predicted octanol–water partition coefficient (Wildman–Crippen LogP) is 4.02. The van der Waals surface area contributed by atoms with Gasteiger partial charge in [0.1, 0.15) is 0 Å². The number of hydrogen-bond donors (Lipinski definition) is 2. The summed E-state index contributed by atoms with van der Waals surface area (Å²) in [6.45, 7) is 1.02. The molecule has 0 saturated heterocycles. The van der Waals surface area contributed by atoms with Crippen molar-refractivity contribution in [3.63, 3.8) is 0 Å². The Kier molecular flexibility index (Phi) is 10.6. The summed E-state index contributed by atoms with van der Waals surface area (Å²) in [5, 5.41) is 27.1. The summed E-state index contributed by atoms with van der Waals surface area (Å²) >= 11 is 0. The molecule has 0 aliphatic carbocycles. The van der Waals surface area contributed by atoms with E-state index in [4.69, 9.17) is 0 Å². The molecule has 10 heteroatoms. The number of benzene rings is 2. The molecule has 2 amide bonds. The molecular weight excluding hydrogens is 440 g/mol. The minimum atomic E-state index is -0.486. The first kappa shape index (κ1) is 25.9. The van der Waals surface area contributed by atoms with E-state index in [-0.39, 0.29) is 23.2 Å². The Labute approximate surface area is 196 Å². The van der Waals surface area contributed by atoms with E-state index < -0.39 is 9.85 Å². The van der Waals surface area contributed by atoms with E-state index in [1.54, 1.807) is 24.3 Å². The van der Waals surface area contributed by atoms with Gasteiger partial charge in [0.25, 0.3) is 11.4 Å². The SMILES string of the molecule is O=C(C=Cc1cccc([N+](=O)[O-])c1)NCCCCCCNC(=O)C=Cc1cccc([N+](=O)[O-])c1. The summed E-state index contributed by atoms with van der Waals surface area (Å²) < 4.78 is 0. The average Bonchev–Trinajstić information content (AvgIpc) is 2.83. The van der Waals surface area contributed by atoms with Crippen molar-refractivity contribution in [3.05, 3.63) is 92.0 Å². The van der Waals surface area contributed by atoms with Gasteiger partial charge in [-0.1, -0.05) is 37.1 Å². The van der Waals surface area contributed by atoms with Gasteiger partial charge in [-0.25, -0.2) is 0 Å². The van der Waals surface area contributed by atoms with Gasteiger partial charge in [-0.05, 0) is 36.1 Å². The molecule has 0 spiro atoms. The zero-order chi connectivity index (χ0) is 24.8. The van der Waals surface area contributed by atoms with Gasteiger partial charge in [0.05, 0.1) is 9.85 Å². The number of nitro benzene ring substituents is 2. The van der Waals surface area contributed by atoms with Gasteiger partial charge in [0, 0.05) is 49.5 Å². The van der Waals surface area contributed by atoms with Crippen LogP contribution in [0.4, 0.5) is 11.4 Å². The highest BCUT2D eigenvalue weighted by molar-refractivity contribution is 5.92. The van der Waals surface area contributed by atoms with Crippen molar-refractivity contribution in [2.75, 3.05) is 13.1 Å². The third kappa shape index (κ3) is 9.86. The van der Waals surface area contributed by atoms with Gasteiger partial charge < -0.3 is 10.6 Å². The molecule has 2 aromatic rings. The van der Waals surface area contributed by atoms with Gasteiger partial charge in [0.2, 0.25) is 11.8 Å². The third-order valence-electron chi connectivity index (χ3n) is 4.72. The number of nitro groups is 2. The summed E-state index contributed by atoms with van der Waals surface area (Å²) in [6, 6.07) is 12.0. The van der Waals surface area contributed by atoms with Crippen molar-refractivity contribution in [2.24, 2.45) is 0 Å². The van der Waals surface area contributed by atoms with Crippen LogP contribution < -0.4 is 10.6 Å². The van der Waals surface area contributed by atoms with E-state index in [0.717, 1.165) is 25.7 Å². The highest BCUT2D eigenvalue weighted by Crippen LogP contribution is 2.15. The molecule has 0 heterocycles. The number of amides is 2. The van der Waals surface area contributed by atoms with Gasteiger partial charge in [-0.15, -0.1) is 0 Å². The van der Waals surface area contributed by atoms with Crippen molar-refractivity contribution in [3.8, 4) is 0 Å². The lowest BCUT2D eigenvalue weighted by Gasteiger charge is -2.04. The van der Waals surface area contributed by atoms with Crippen molar-refractivity contribution in [1.29, 1.82) is 0 Å². The summed E-state index contributed by atoms with van der Waals surface area (Å²) in [4.78, 5) is 44.2. The fourth-order valence-electron chi connectivity index (χ4n) is 2.97. The Hall–Kier alpha value is -4.34. The van der Waals surface area contributed by atoms with Gasteiger partial charge in [0.15, 0.2) is 0 Å². The van der Waals surface area contributed by atoms with E-state index in [9.17, 15) is 29.8 Å². The fourth-order valence-corrected chi connectivity index (χ4v) is 2.97. The molecule has 10 nitrogen and oxygen atoms in total. The molecule has 2 aromatic carbocycles. The first-order chi connectivity index (χ1) is 16.3. The second-order valence-electron chi connectivity index (χ2n) is 7.37. The Morgan fingerprint density at radius 3 is 1.50 bits per heavy atom. The lowest BCUT2D eigenvalue weighted by Crippen LogP contribution is -2.23. The third-order valence-corrected chi connectivity index (χ3v) is 4.72. The van der Waals surface area contributed by atoms with Crippen LogP contribution in [0.2, 0.25) is 0 Å². The predicted molar refractivity (Wildman–Crippen MR) is 129 cm³/mol.